The van der Waals surface area contributed by atoms with Crippen LogP contribution in [-0.4, -0.2) is 18.0 Å². The van der Waals surface area contributed by atoms with Crippen molar-refractivity contribution in [2.75, 3.05) is 10.6 Å². The maximum absolute atomic E-state index is 12.6. The Morgan fingerprint density at radius 3 is 2.35 bits per heavy atom. The van der Waals surface area contributed by atoms with Crippen LogP contribution in [0.5, 0.6) is 0 Å². The molecule has 1 atom stereocenters. The SMILES string of the molecule is Cc1cc(CC2NC(=O)N(c3ccc(C(F)(F)F)cc3)C2=O)ccc1N. The maximum Gasteiger partial charge on any atom is 0.416 e. The number of nitrogens with one attached hydrogen (secondary N) is 1. The van der Waals surface area contributed by atoms with Gasteiger partial charge in [0.15, 0.2) is 0 Å². The molecular weight excluding hydrogens is 347 g/mol. The first-order valence-electron chi connectivity index (χ1n) is 7.83. The summed E-state index contributed by atoms with van der Waals surface area (Å²) in [7, 11) is 0. The highest BCUT2D eigenvalue weighted by Crippen LogP contribution is 2.31. The van der Waals surface area contributed by atoms with Crippen LogP contribution in [-0.2, 0) is 17.4 Å². The van der Waals surface area contributed by atoms with Crippen molar-refractivity contribution in [1.82, 2.24) is 5.32 Å². The third-order valence-corrected chi connectivity index (χ3v) is 4.25. The van der Waals surface area contributed by atoms with Crippen LogP contribution in [0.3, 0.4) is 0 Å². The van der Waals surface area contributed by atoms with Gasteiger partial charge in [-0.3, -0.25) is 4.79 Å². The Balaban J connectivity index is 1.79. The standard InChI is InChI=1S/C18H16F3N3O2/c1-10-8-11(2-7-14(10)22)9-15-16(25)24(17(26)23-15)13-5-3-12(4-6-13)18(19,20)21/h2-8,15H,9,22H2,1H3,(H,23,26). The first-order chi connectivity index (χ1) is 12.2. The Bertz CT molecular complexity index is 863. The van der Waals surface area contributed by atoms with E-state index in [1.807, 2.05) is 13.0 Å². The molecule has 1 aliphatic heterocycles. The van der Waals surface area contributed by atoms with Crippen molar-refractivity contribution in [3.63, 3.8) is 0 Å². The zero-order chi connectivity index (χ0) is 19.1. The second kappa shape index (κ2) is 6.36. The van der Waals surface area contributed by atoms with Crippen molar-refractivity contribution >= 4 is 23.3 Å². The smallest absolute Gasteiger partial charge is 0.399 e. The number of hydrogen-bond donors (Lipinski definition) is 2. The number of rotatable bonds is 3. The summed E-state index contributed by atoms with van der Waals surface area (Å²) in [5, 5.41) is 2.56. The van der Waals surface area contributed by atoms with Crippen LogP contribution >= 0.6 is 0 Å². The number of urea groups is 1. The molecule has 2 aromatic carbocycles. The quantitative estimate of drug-likeness (QED) is 0.649. The molecule has 8 heteroatoms. The maximum atomic E-state index is 12.6. The fraction of sp³-hybridized carbons (Fsp3) is 0.222. The molecule has 1 fully saturated rings. The van der Waals surface area contributed by atoms with Crippen LogP contribution in [0.4, 0.5) is 29.3 Å². The predicted molar refractivity (Wildman–Crippen MR) is 90.5 cm³/mol. The van der Waals surface area contributed by atoms with Gasteiger partial charge in [-0.15, -0.1) is 0 Å². The number of amides is 3. The number of anilines is 2. The summed E-state index contributed by atoms with van der Waals surface area (Å²) in [6.45, 7) is 1.84. The van der Waals surface area contributed by atoms with E-state index < -0.39 is 29.7 Å². The van der Waals surface area contributed by atoms with Crippen LogP contribution in [0.2, 0.25) is 0 Å². The predicted octanol–water partition coefficient (Wildman–Crippen LogP) is 3.26. The Labute approximate surface area is 147 Å². The fourth-order valence-corrected chi connectivity index (χ4v) is 2.81. The van der Waals surface area contributed by atoms with Gasteiger partial charge in [0.2, 0.25) is 0 Å². The zero-order valence-electron chi connectivity index (χ0n) is 13.8. The zero-order valence-corrected chi connectivity index (χ0v) is 13.8. The van der Waals surface area contributed by atoms with E-state index in [0.29, 0.717) is 5.69 Å². The summed E-state index contributed by atoms with van der Waals surface area (Å²) in [4.78, 5) is 25.5. The molecule has 3 rings (SSSR count). The molecule has 3 amide bonds. The van der Waals surface area contributed by atoms with Crippen LogP contribution in [0.15, 0.2) is 42.5 Å². The lowest BCUT2D eigenvalue weighted by molar-refractivity contribution is -0.137. The first-order valence-corrected chi connectivity index (χ1v) is 7.83. The molecule has 1 aliphatic rings. The van der Waals surface area contributed by atoms with Gasteiger partial charge in [0, 0.05) is 12.1 Å². The third-order valence-electron chi connectivity index (χ3n) is 4.25. The molecule has 2 aromatic rings. The minimum atomic E-state index is -4.48. The van der Waals surface area contributed by atoms with Gasteiger partial charge < -0.3 is 11.1 Å². The minimum absolute atomic E-state index is 0.0940. The van der Waals surface area contributed by atoms with Gasteiger partial charge in [-0.1, -0.05) is 12.1 Å². The molecule has 1 saturated heterocycles. The molecule has 0 aromatic heterocycles. The Morgan fingerprint density at radius 2 is 1.77 bits per heavy atom. The van der Waals surface area contributed by atoms with Gasteiger partial charge in [0.05, 0.1) is 11.3 Å². The second-order valence-corrected chi connectivity index (χ2v) is 6.12. The van der Waals surface area contributed by atoms with E-state index in [0.717, 1.165) is 40.3 Å². The van der Waals surface area contributed by atoms with Gasteiger partial charge in [-0.2, -0.15) is 13.2 Å². The summed E-state index contributed by atoms with van der Waals surface area (Å²) in [6, 6.07) is 7.77. The molecule has 5 nitrogen and oxygen atoms in total. The molecular formula is C18H16F3N3O2. The number of halogens is 3. The van der Waals surface area contributed by atoms with Crippen LogP contribution in [0.1, 0.15) is 16.7 Å². The number of aryl methyl sites for hydroxylation is 1. The topological polar surface area (TPSA) is 75.4 Å². The Morgan fingerprint density at radius 1 is 1.12 bits per heavy atom. The van der Waals surface area contributed by atoms with Gasteiger partial charge >= 0.3 is 12.2 Å². The fourth-order valence-electron chi connectivity index (χ4n) is 2.81. The molecule has 3 N–H and O–H groups in total. The molecule has 0 radical (unpaired) electrons. The van der Waals surface area contributed by atoms with E-state index in [2.05, 4.69) is 5.32 Å². The van der Waals surface area contributed by atoms with Crippen molar-refractivity contribution < 1.29 is 22.8 Å². The highest BCUT2D eigenvalue weighted by molar-refractivity contribution is 6.21. The van der Waals surface area contributed by atoms with E-state index in [9.17, 15) is 22.8 Å². The average Bonchev–Trinajstić information content (AvgIpc) is 2.84. The number of carbonyl (C=O) groups excluding carboxylic acids is 2. The Kier molecular flexibility index (Phi) is 4.35. The number of benzene rings is 2. The molecule has 0 spiro atoms. The van der Waals surface area contributed by atoms with Gasteiger partial charge in [0.1, 0.15) is 6.04 Å². The summed E-state index contributed by atoms with van der Waals surface area (Å²) < 4.78 is 37.9. The largest absolute Gasteiger partial charge is 0.416 e. The summed E-state index contributed by atoms with van der Waals surface area (Å²) in [5.41, 5.74) is 7.32. The van der Waals surface area contributed by atoms with Gasteiger partial charge in [-0.25, -0.2) is 9.69 Å². The van der Waals surface area contributed by atoms with Crippen molar-refractivity contribution in [3.05, 3.63) is 59.2 Å². The highest BCUT2D eigenvalue weighted by Gasteiger charge is 2.39. The van der Waals surface area contributed by atoms with Crippen LogP contribution in [0.25, 0.3) is 0 Å². The lowest BCUT2D eigenvalue weighted by atomic mass is 10.0. The van der Waals surface area contributed by atoms with Crippen LogP contribution < -0.4 is 16.0 Å². The lowest BCUT2D eigenvalue weighted by Crippen LogP contribution is -2.32. The van der Waals surface area contributed by atoms with Gasteiger partial charge in [-0.05, 0) is 48.4 Å². The number of imide groups is 1. The molecule has 0 bridgehead atoms. The van der Waals surface area contributed by atoms with E-state index in [4.69, 9.17) is 5.73 Å². The summed E-state index contributed by atoms with van der Waals surface area (Å²) >= 11 is 0. The lowest BCUT2D eigenvalue weighted by Gasteiger charge is -2.14. The van der Waals surface area contributed by atoms with E-state index >= 15 is 0 Å². The van der Waals surface area contributed by atoms with Gasteiger partial charge in [0.25, 0.3) is 5.91 Å². The van der Waals surface area contributed by atoms with E-state index in [1.165, 1.54) is 0 Å². The molecule has 0 saturated carbocycles. The van der Waals surface area contributed by atoms with Crippen LogP contribution in [0, 0.1) is 6.92 Å². The summed E-state index contributed by atoms with van der Waals surface area (Å²) in [5.74, 6) is -0.510. The number of hydrogen-bond acceptors (Lipinski definition) is 3. The monoisotopic (exact) mass is 363 g/mol. The van der Waals surface area contributed by atoms with Crippen molar-refractivity contribution in [1.29, 1.82) is 0 Å². The molecule has 0 aliphatic carbocycles. The molecule has 1 unspecified atom stereocenters. The molecule has 136 valence electrons. The number of alkyl halides is 3. The van der Waals surface area contributed by atoms with Crippen molar-refractivity contribution in [3.8, 4) is 0 Å². The average molecular weight is 363 g/mol. The highest BCUT2D eigenvalue weighted by atomic mass is 19.4. The molecule has 1 heterocycles. The number of carbonyl (C=O) groups is 2. The number of nitrogen functional groups attached to an aromatic ring is 1. The van der Waals surface area contributed by atoms with E-state index in [1.54, 1.807) is 12.1 Å². The second-order valence-electron chi connectivity index (χ2n) is 6.12. The normalized spacial score (nSPS) is 17.5. The minimum Gasteiger partial charge on any atom is -0.399 e. The van der Waals surface area contributed by atoms with E-state index in [-0.39, 0.29) is 12.1 Å². The van der Waals surface area contributed by atoms with Crippen molar-refractivity contribution in [2.45, 2.75) is 25.6 Å². The third kappa shape index (κ3) is 3.35. The molecule has 26 heavy (non-hydrogen) atoms. The number of nitrogens with zero attached hydrogens (tertiary/aromatic N) is 1. The Hall–Kier alpha value is -3.03. The van der Waals surface area contributed by atoms with Crippen molar-refractivity contribution in [2.24, 2.45) is 0 Å². The number of nitrogens with two attached hydrogens (primary N) is 1. The summed E-state index contributed by atoms with van der Waals surface area (Å²) in [6.07, 6.45) is -4.21. The first kappa shape index (κ1) is 17.8.